The first-order valence-electron chi connectivity index (χ1n) is 8.57. The summed E-state index contributed by atoms with van der Waals surface area (Å²) in [5.74, 6) is 0.844. The minimum Gasteiger partial charge on any atom is -0.384 e. The van der Waals surface area contributed by atoms with Crippen molar-refractivity contribution in [3.63, 3.8) is 0 Å². The van der Waals surface area contributed by atoms with Crippen LogP contribution >= 0.6 is 11.6 Å². The Kier molecular flexibility index (Phi) is 7.62. The lowest BCUT2D eigenvalue weighted by Gasteiger charge is -2.13. The number of hydrogen-bond acceptors (Lipinski definition) is 6. The predicted molar refractivity (Wildman–Crippen MR) is 107 cm³/mol. The van der Waals surface area contributed by atoms with Crippen molar-refractivity contribution in [3.05, 3.63) is 40.9 Å². The van der Waals surface area contributed by atoms with Crippen LogP contribution < -0.4 is 21.3 Å². The molecule has 1 aromatic carbocycles. The second-order valence-corrected chi connectivity index (χ2v) is 6.53. The third-order valence-electron chi connectivity index (χ3n) is 3.77. The number of carbonyl (C=O) groups is 1. The van der Waals surface area contributed by atoms with Crippen molar-refractivity contribution in [2.75, 3.05) is 42.7 Å². The first-order valence-corrected chi connectivity index (χ1v) is 8.95. The van der Waals surface area contributed by atoms with E-state index >= 15 is 0 Å². The number of anilines is 3. The van der Waals surface area contributed by atoms with E-state index in [0.29, 0.717) is 34.5 Å². The highest BCUT2D eigenvalue weighted by Gasteiger charge is 2.13. The van der Waals surface area contributed by atoms with Gasteiger partial charge in [0.2, 0.25) is 0 Å². The topological polar surface area (TPSA) is 96.2 Å². The van der Waals surface area contributed by atoms with Gasteiger partial charge >= 0.3 is 0 Å². The zero-order valence-electron chi connectivity index (χ0n) is 15.1. The van der Waals surface area contributed by atoms with E-state index in [1.54, 1.807) is 30.3 Å². The van der Waals surface area contributed by atoms with Crippen LogP contribution in [0.3, 0.4) is 0 Å². The zero-order valence-corrected chi connectivity index (χ0v) is 15.9. The highest BCUT2D eigenvalue weighted by atomic mass is 35.5. The SMILES string of the molecule is CN(C)c1ccc(NC(=O)c2ccc(Cl)cc2NCCCCCN)nn1. The molecule has 140 valence electrons. The van der Waals surface area contributed by atoms with Gasteiger partial charge in [0.1, 0.15) is 0 Å². The number of halogens is 1. The molecule has 2 aromatic rings. The van der Waals surface area contributed by atoms with Gasteiger partial charge in [-0.2, -0.15) is 0 Å². The molecule has 0 radical (unpaired) electrons. The lowest BCUT2D eigenvalue weighted by atomic mass is 10.1. The minimum absolute atomic E-state index is 0.266. The van der Waals surface area contributed by atoms with Gasteiger partial charge in [-0.05, 0) is 49.7 Å². The van der Waals surface area contributed by atoms with Crippen molar-refractivity contribution in [3.8, 4) is 0 Å². The van der Waals surface area contributed by atoms with Crippen LogP contribution in [0.4, 0.5) is 17.3 Å². The summed E-state index contributed by atoms with van der Waals surface area (Å²) in [5, 5.41) is 14.7. The number of unbranched alkanes of at least 4 members (excludes halogenated alkanes) is 2. The average Bonchev–Trinajstić information content (AvgIpc) is 2.62. The van der Waals surface area contributed by atoms with Gasteiger partial charge in [-0.3, -0.25) is 4.79 Å². The van der Waals surface area contributed by atoms with E-state index in [1.165, 1.54) is 0 Å². The van der Waals surface area contributed by atoms with Crippen LogP contribution in [0.5, 0.6) is 0 Å². The average molecular weight is 377 g/mol. The van der Waals surface area contributed by atoms with Crippen LogP contribution in [0.15, 0.2) is 30.3 Å². The van der Waals surface area contributed by atoms with Gasteiger partial charge in [0.25, 0.3) is 5.91 Å². The first-order chi connectivity index (χ1) is 12.5. The number of rotatable bonds is 9. The van der Waals surface area contributed by atoms with E-state index < -0.39 is 0 Å². The normalized spacial score (nSPS) is 10.5. The molecule has 0 aliphatic heterocycles. The van der Waals surface area contributed by atoms with E-state index in [0.717, 1.165) is 25.8 Å². The first kappa shape index (κ1) is 19.9. The fourth-order valence-corrected chi connectivity index (χ4v) is 2.52. The standard InChI is InChI=1S/C18H25ClN6O/c1-25(2)17-9-8-16(23-24-17)22-18(26)14-7-6-13(19)12-15(14)21-11-5-3-4-10-20/h6-9,12,21H,3-5,10-11,20H2,1-2H3,(H,22,23,26). The molecule has 8 heteroatoms. The van der Waals surface area contributed by atoms with E-state index in [-0.39, 0.29) is 5.91 Å². The number of carbonyl (C=O) groups excluding carboxylic acids is 1. The highest BCUT2D eigenvalue weighted by Crippen LogP contribution is 2.22. The summed E-state index contributed by atoms with van der Waals surface area (Å²) < 4.78 is 0. The summed E-state index contributed by atoms with van der Waals surface area (Å²) >= 11 is 6.08. The Morgan fingerprint density at radius 1 is 1.15 bits per heavy atom. The minimum atomic E-state index is -0.266. The number of nitrogens with zero attached hydrogens (tertiary/aromatic N) is 3. The molecule has 2 rings (SSSR count). The lowest BCUT2D eigenvalue weighted by Crippen LogP contribution is -2.17. The van der Waals surface area contributed by atoms with Gasteiger partial charge in [0, 0.05) is 31.4 Å². The van der Waals surface area contributed by atoms with E-state index in [1.807, 2.05) is 19.0 Å². The number of amides is 1. The Hall–Kier alpha value is -2.38. The molecule has 0 fully saturated rings. The number of nitrogens with two attached hydrogens (primary N) is 1. The molecular formula is C18H25ClN6O. The van der Waals surface area contributed by atoms with Crippen molar-refractivity contribution < 1.29 is 4.79 Å². The quantitative estimate of drug-likeness (QED) is 0.582. The third kappa shape index (κ3) is 5.86. The van der Waals surface area contributed by atoms with Crippen LogP contribution in [0.25, 0.3) is 0 Å². The van der Waals surface area contributed by atoms with Crippen LogP contribution in [-0.2, 0) is 0 Å². The smallest absolute Gasteiger partial charge is 0.258 e. The second-order valence-electron chi connectivity index (χ2n) is 6.09. The lowest BCUT2D eigenvalue weighted by molar-refractivity contribution is 0.102. The van der Waals surface area contributed by atoms with Crippen LogP contribution in [0.1, 0.15) is 29.6 Å². The number of benzene rings is 1. The molecule has 0 saturated heterocycles. The molecule has 0 unspecified atom stereocenters. The van der Waals surface area contributed by atoms with Crippen molar-refractivity contribution in [2.24, 2.45) is 5.73 Å². The molecule has 26 heavy (non-hydrogen) atoms. The molecular weight excluding hydrogens is 352 g/mol. The van der Waals surface area contributed by atoms with Crippen molar-refractivity contribution >= 4 is 34.8 Å². The zero-order chi connectivity index (χ0) is 18.9. The van der Waals surface area contributed by atoms with Crippen molar-refractivity contribution in [1.29, 1.82) is 0 Å². The summed E-state index contributed by atoms with van der Waals surface area (Å²) in [6.07, 6.45) is 3.01. The Morgan fingerprint density at radius 3 is 2.62 bits per heavy atom. The molecule has 7 nitrogen and oxygen atoms in total. The van der Waals surface area contributed by atoms with Crippen molar-refractivity contribution in [2.45, 2.75) is 19.3 Å². The predicted octanol–water partition coefficient (Wildman–Crippen LogP) is 2.99. The summed E-state index contributed by atoms with van der Waals surface area (Å²) in [4.78, 5) is 14.4. The van der Waals surface area contributed by atoms with E-state index in [9.17, 15) is 4.79 Å². The van der Waals surface area contributed by atoms with Gasteiger partial charge in [0.05, 0.1) is 5.56 Å². The molecule has 0 aliphatic rings. The molecule has 1 amide bonds. The molecule has 1 heterocycles. The van der Waals surface area contributed by atoms with E-state index in [2.05, 4.69) is 20.8 Å². The van der Waals surface area contributed by atoms with Gasteiger partial charge in [-0.1, -0.05) is 18.0 Å². The van der Waals surface area contributed by atoms with Gasteiger partial charge in [-0.15, -0.1) is 10.2 Å². The van der Waals surface area contributed by atoms with Gasteiger partial charge in [0.15, 0.2) is 11.6 Å². The summed E-state index contributed by atoms with van der Waals surface area (Å²) in [6.45, 7) is 1.44. The largest absolute Gasteiger partial charge is 0.384 e. The van der Waals surface area contributed by atoms with Crippen LogP contribution in [-0.4, -0.2) is 43.3 Å². The molecule has 0 spiro atoms. The summed E-state index contributed by atoms with van der Waals surface area (Å²) in [5.41, 5.74) is 6.70. The van der Waals surface area contributed by atoms with Crippen molar-refractivity contribution in [1.82, 2.24) is 10.2 Å². The summed E-state index contributed by atoms with van der Waals surface area (Å²) in [6, 6.07) is 8.65. The molecule has 0 atom stereocenters. The monoisotopic (exact) mass is 376 g/mol. The fraction of sp³-hybridized carbons (Fsp3) is 0.389. The molecule has 4 N–H and O–H groups in total. The molecule has 1 aromatic heterocycles. The number of aromatic nitrogens is 2. The molecule has 0 bridgehead atoms. The summed E-state index contributed by atoms with van der Waals surface area (Å²) in [7, 11) is 3.75. The maximum absolute atomic E-state index is 12.6. The Balaban J connectivity index is 2.05. The Bertz CT molecular complexity index is 720. The highest BCUT2D eigenvalue weighted by molar-refractivity contribution is 6.31. The fourth-order valence-electron chi connectivity index (χ4n) is 2.34. The Morgan fingerprint density at radius 2 is 1.96 bits per heavy atom. The number of nitrogens with one attached hydrogen (secondary N) is 2. The van der Waals surface area contributed by atoms with Gasteiger partial charge in [-0.25, -0.2) is 0 Å². The second kappa shape index (κ2) is 9.94. The molecule has 0 aliphatic carbocycles. The third-order valence-corrected chi connectivity index (χ3v) is 4.01. The molecule has 0 saturated carbocycles. The Labute approximate surface area is 158 Å². The maximum Gasteiger partial charge on any atom is 0.258 e. The van der Waals surface area contributed by atoms with Crippen LogP contribution in [0, 0.1) is 0 Å². The van der Waals surface area contributed by atoms with Crippen LogP contribution in [0.2, 0.25) is 5.02 Å². The van der Waals surface area contributed by atoms with Gasteiger partial charge < -0.3 is 21.3 Å². The number of hydrogen-bond donors (Lipinski definition) is 3. The van der Waals surface area contributed by atoms with E-state index in [4.69, 9.17) is 17.3 Å². The maximum atomic E-state index is 12.6.